The van der Waals surface area contributed by atoms with E-state index in [-0.39, 0.29) is 18.4 Å². The number of anilines is 1. The van der Waals surface area contributed by atoms with Crippen molar-refractivity contribution in [2.45, 2.75) is 26.9 Å². The number of halogens is 2. The molecule has 0 aliphatic heterocycles. The van der Waals surface area contributed by atoms with Crippen LogP contribution in [0.2, 0.25) is 0 Å². The summed E-state index contributed by atoms with van der Waals surface area (Å²) < 4.78 is 16.5. The van der Waals surface area contributed by atoms with Gasteiger partial charge in [0.25, 0.3) is 0 Å². The average molecular weight is 274 g/mol. The molecule has 0 fully saturated rings. The summed E-state index contributed by atoms with van der Waals surface area (Å²) in [6.07, 6.45) is 3.48. The summed E-state index contributed by atoms with van der Waals surface area (Å²) in [4.78, 5) is 0. The van der Waals surface area contributed by atoms with E-state index in [0.29, 0.717) is 12.1 Å². The molecule has 0 unspecified atom stereocenters. The Morgan fingerprint density at radius 1 is 1.44 bits per heavy atom. The van der Waals surface area contributed by atoms with Crippen molar-refractivity contribution in [1.82, 2.24) is 19.6 Å². The molecule has 0 radical (unpaired) electrons. The molecule has 0 aromatic carbocycles. The summed E-state index contributed by atoms with van der Waals surface area (Å²) in [6.45, 7) is 5.21. The minimum Gasteiger partial charge on any atom is -0.364 e. The monoisotopic (exact) mass is 273 g/mol. The van der Waals surface area contributed by atoms with E-state index in [1.54, 1.807) is 7.05 Å². The Balaban J connectivity index is 0.00000162. The largest absolute Gasteiger partial charge is 0.364 e. The molecule has 2 rings (SSSR count). The van der Waals surface area contributed by atoms with E-state index in [9.17, 15) is 4.39 Å². The number of aromatic nitrogens is 4. The van der Waals surface area contributed by atoms with Crippen LogP contribution in [0.25, 0.3) is 0 Å². The SMILES string of the molecule is CCn1cc(C)c(NCc2cnn(C)c2F)n1.Cl. The Hall–Kier alpha value is -1.56. The van der Waals surface area contributed by atoms with Gasteiger partial charge in [0, 0.05) is 37.5 Å². The molecule has 7 heteroatoms. The maximum Gasteiger partial charge on any atom is 0.216 e. The highest BCUT2D eigenvalue weighted by Crippen LogP contribution is 2.13. The van der Waals surface area contributed by atoms with Gasteiger partial charge in [-0.2, -0.15) is 14.6 Å². The van der Waals surface area contributed by atoms with Gasteiger partial charge in [0.15, 0.2) is 5.82 Å². The second-order valence-electron chi connectivity index (χ2n) is 3.95. The Bertz CT molecular complexity index is 519. The van der Waals surface area contributed by atoms with E-state index < -0.39 is 0 Å². The molecule has 18 heavy (non-hydrogen) atoms. The van der Waals surface area contributed by atoms with Crippen LogP contribution in [0.5, 0.6) is 0 Å². The highest BCUT2D eigenvalue weighted by Gasteiger charge is 2.09. The van der Waals surface area contributed by atoms with Crippen LogP contribution < -0.4 is 5.32 Å². The van der Waals surface area contributed by atoms with Crippen LogP contribution in [0.3, 0.4) is 0 Å². The molecule has 0 bridgehead atoms. The fourth-order valence-electron chi connectivity index (χ4n) is 1.62. The Morgan fingerprint density at radius 2 is 2.17 bits per heavy atom. The van der Waals surface area contributed by atoms with Gasteiger partial charge in [-0.15, -0.1) is 12.4 Å². The number of nitrogens with zero attached hydrogens (tertiary/aromatic N) is 4. The van der Waals surface area contributed by atoms with Crippen molar-refractivity contribution in [2.75, 3.05) is 5.32 Å². The smallest absolute Gasteiger partial charge is 0.216 e. The zero-order valence-corrected chi connectivity index (χ0v) is 11.5. The molecule has 5 nitrogen and oxygen atoms in total. The van der Waals surface area contributed by atoms with Gasteiger partial charge >= 0.3 is 0 Å². The third-order valence-corrected chi connectivity index (χ3v) is 2.65. The lowest BCUT2D eigenvalue weighted by atomic mass is 10.3. The Kier molecular flexibility index (Phi) is 4.72. The normalized spacial score (nSPS) is 10.2. The predicted molar refractivity (Wildman–Crippen MR) is 70.4 cm³/mol. The summed E-state index contributed by atoms with van der Waals surface area (Å²) >= 11 is 0. The predicted octanol–water partition coefficient (Wildman–Crippen LogP) is 2.12. The van der Waals surface area contributed by atoms with Crippen molar-refractivity contribution in [1.29, 1.82) is 0 Å². The van der Waals surface area contributed by atoms with E-state index >= 15 is 0 Å². The van der Waals surface area contributed by atoms with Crippen molar-refractivity contribution < 1.29 is 4.39 Å². The number of aryl methyl sites for hydroxylation is 3. The zero-order valence-electron chi connectivity index (χ0n) is 10.6. The molecular weight excluding hydrogens is 257 g/mol. The van der Waals surface area contributed by atoms with Crippen molar-refractivity contribution in [3.8, 4) is 0 Å². The van der Waals surface area contributed by atoms with Gasteiger partial charge in [0.1, 0.15) is 0 Å². The number of hydrogen-bond donors (Lipinski definition) is 1. The third kappa shape index (κ3) is 2.81. The second-order valence-corrected chi connectivity index (χ2v) is 3.95. The van der Waals surface area contributed by atoms with Crippen LogP contribution in [0.4, 0.5) is 10.2 Å². The molecule has 2 aromatic heterocycles. The fourth-order valence-corrected chi connectivity index (χ4v) is 1.62. The van der Waals surface area contributed by atoms with Crippen LogP contribution in [0.1, 0.15) is 18.1 Å². The van der Waals surface area contributed by atoms with Crippen LogP contribution in [-0.4, -0.2) is 19.6 Å². The number of rotatable bonds is 4. The first-order valence-corrected chi connectivity index (χ1v) is 5.56. The van der Waals surface area contributed by atoms with Crippen LogP contribution >= 0.6 is 12.4 Å². The molecule has 0 saturated carbocycles. The van der Waals surface area contributed by atoms with Gasteiger partial charge in [-0.25, -0.2) is 4.68 Å². The van der Waals surface area contributed by atoms with E-state index in [0.717, 1.165) is 17.9 Å². The van der Waals surface area contributed by atoms with E-state index in [1.165, 1.54) is 10.9 Å². The minimum atomic E-state index is -0.315. The van der Waals surface area contributed by atoms with E-state index in [2.05, 4.69) is 15.5 Å². The standard InChI is InChI=1S/C11H16FN5.ClH/c1-4-17-7-8(2)11(15-17)13-5-9-6-14-16(3)10(9)12;/h6-7H,4-5H2,1-3H3,(H,13,15);1H. The lowest BCUT2D eigenvalue weighted by Crippen LogP contribution is -2.04. The molecule has 0 saturated heterocycles. The lowest BCUT2D eigenvalue weighted by Gasteiger charge is -2.02. The lowest BCUT2D eigenvalue weighted by molar-refractivity contribution is 0.496. The van der Waals surface area contributed by atoms with Gasteiger partial charge in [0.05, 0.1) is 6.20 Å². The molecule has 0 spiro atoms. The van der Waals surface area contributed by atoms with Crippen molar-refractivity contribution in [3.05, 3.63) is 29.5 Å². The van der Waals surface area contributed by atoms with E-state index in [1.807, 2.05) is 24.7 Å². The third-order valence-electron chi connectivity index (χ3n) is 2.65. The number of hydrogen-bond acceptors (Lipinski definition) is 3. The Morgan fingerprint density at radius 3 is 2.67 bits per heavy atom. The molecule has 100 valence electrons. The molecule has 2 aromatic rings. The van der Waals surface area contributed by atoms with Crippen LogP contribution in [0, 0.1) is 12.9 Å². The Labute approximate surface area is 111 Å². The molecule has 0 aliphatic rings. The maximum atomic E-state index is 13.5. The molecular formula is C11H17ClFN5. The fraction of sp³-hybridized carbons (Fsp3) is 0.455. The highest BCUT2D eigenvalue weighted by molar-refractivity contribution is 5.85. The quantitative estimate of drug-likeness (QED) is 0.928. The molecule has 0 amide bonds. The minimum absolute atomic E-state index is 0. The first-order valence-electron chi connectivity index (χ1n) is 5.56. The van der Waals surface area contributed by atoms with E-state index in [4.69, 9.17) is 0 Å². The summed E-state index contributed by atoms with van der Waals surface area (Å²) in [7, 11) is 1.58. The first-order chi connectivity index (χ1) is 8.11. The molecule has 2 heterocycles. The first kappa shape index (κ1) is 14.5. The van der Waals surface area contributed by atoms with Gasteiger partial charge in [0.2, 0.25) is 5.95 Å². The van der Waals surface area contributed by atoms with Crippen LogP contribution in [-0.2, 0) is 20.1 Å². The van der Waals surface area contributed by atoms with Gasteiger partial charge in [-0.1, -0.05) is 0 Å². The van der Waals surface area contributed by atoms with Gasteiger partial charge in [-0.3, -0.25) is 4.68 Å². The topological polar surface area (TPSA) is 47.7 Å². The van der Waals surface area contributed by atoms with Crippen molar-refractivity contribution in [3.63, 3.8) is 0 Å². The van der Waals surface area contributed by atoms with Crippen molar-refractivity contribution >= 4 is 18.2 Å². The molecule has 0 aliphatic carbocycles. The summed E-state index contributed by atoms with van der Waals surface area (Å²) in [5.74, 6) is 0.472. The molecule has 0 atom stereocenters. The van der Waals surface area contributed by atoms with Crippen molar-refractivity contribution in [2.24, 2.45) is 7.05 Å². The second kappa shape index (κ2) is 5.86. The molecule has 1 N–H and O–H groups in total. The van der Waals surface area contributed by atoms with Gasteiger partial charge < -0.3 is 5.32 Å². The maximum absolute atomic E-state index is 13.5. The zero-order chi connectivity index (χ0) is 12.4. The highest BCUT2D eigenvalue weighted by atomic mass is 35.5. The van der Waals surface area contributed by atoms with Gasteiger partial charge in [-0.05, 0) is 13.8 Å². The average Bonchev–Trinajstić information content (AvgIpc) is 2.82. The summed E-state index contributed by atoms with van der Waals surface area (Å²) in [6, 6.07) is 0. The summed E-state index contributed by atoms with van der Waals surface area (Å²) in [5, 5.41) is 11.3. The summed E-state index contributed by atoms with van der Waals surface area (Å²) in [5.41, 5.74) is 1.59. The van der Waals surface area contributed by atoms with Crippen LogP contribution in [0.15, 0.2) is 12.4 Å². The number of nitrogens with one attached hydrogen (secondary N) is 1.